The van der Waals surface area contributed by atoms with Gasteiger partial charge < -0.3 is 5.32 Å². The Kier molecular flexibility index (Phi) is 6.08. The van der Waals surface area contributed by atoms with Crippen molar-refractivity contribution in [2.45, 2.75) is 24.9 Å². The Bertz CT molecular complexity index is 1140. The van der Waals surface area contributed by atoms with Gasteiger partial charge in [-0.2, -0.15) is 13.2 Å². The quantitative estimate of drug-likeness (QED) is 0.548. The maximum absolute atomic E-state index is 13.1. The number of benzene rings is 1. The summed E-state index contributed by atoms with van der Waals surface area (Å²) in [6, 6.07) is 5.70. The standard InChI is InChI=1S/C18H19F3N6O2S/c1-12-25-16(11-17(26-12)27-10-9-22-13(27)2)23-7-8-24-30(28,29)15-6-4-3-5-14(15)18(19,20)21/h3-6,9-11,24H,7-8H2,1-2H3,(H,23,25,26). The predicted molar refractivity (Wildman–Crippen MR) is 104 cm³/mol. The SMILES string of the molecule is Cc1nc(NCCNS(=O)(=O)c2ccccc2C(F)(F)F)cc(-n2ccnc2C)n1. The summed E-state index contributed by atoms with van der Waals surface area (Å²) in [4.78, 5) is 11.9. The molecule has 0 saturated heterocycles. The Morgan fingerprint density at radius 3 is 2.50 bits per heavy atom. The van der Waals surface area contributed by atoms with Crippen LogP contribution in [-0.4, -0.2) is 41.0 Å². The number of sulfonamides is 1. The minimum absolute atomic E-state index is 0.103. The van der Waals surface area contributed by atoms with E-state index in [0.717, 1.165) is 24.0 Å². The summed E-state index contributed by atoms with van der Waals surface area (Å²) < 4.78 is 67.9. The van der Waals surface area contributed by atoms with Gasteiger partial charge in [0, 0.05) is 31.5 Å². The number of anilines is 1. The molecule has 8 nitrogen and oxygen atoms in total. The first-order valence-electron chi connectivity index (χ1n) is 8.84. The Labute approximate surface area is 171 Å². The third kappa shape index (κ3) is 4.94. The molecule has 30 heavy (non-hydrogen) atoms. The molecule has 0 fully saturated rings. The fraction of sp³-hybridized carbons (Fsp3) is 0.278. The van der Waals surface area contributed by atoms with Gasteiger partial charge in [-0.3, -0.25) is 4.57 Å². The molecule has 12 heteroatoms. The lowest BCUT2D eigenvalue weighted by atomic mass is 10.2. The number of hydrogen-bond donors (Lipinski definition) is 2. The average Bonchev–Trinajstić information content (AvgIpc) is 3.10. The van der Waals surface area contributed by atoms with E-state index in [1.165, 1.54) is 6.07 Å². The number of alkyl halides is 3. The summed E-state index contributed by atoms with van der Waals surface area (Å²) in [5.74, 6) is 2.25. The van der Waals surface area contributed by atoms with Gasteiger partial charge in [0.25, 0.3) is 0 Å². The molecule has 0 saturated carbocycles. The van der Waals surface area contributed by atoms with Gasteiger partial charge in [0.05, 0.1) is 10.5 Å². The van der Waals surface area contributed by atoms with Crippen LogP contribution in [0.2, 0.25) is 0 Å². The van der Waals surface area contributed by atoms with Crippen LogP contribution in [0.5, 0.6) is 0 Å². The lowest BCUT2D eigenvalue weighted by molar-refractivity contribution is -0.139. The second-order valence-corrected chi connectivity index (χ2v) is 8.06. The van der Waals surface area contributed by atoms with Gasteiger partial charge in [-0.1, -0.05) is 12.1 Å². The molecule has 0 unspecified atom stereocenters. The molecule has 160 valence electrons. The molecule has 0 aliphatic rings. The third-order valence-electron chi connectivity index (χ3n) is 4.10. The Morgan fingerprint density at radius 2 is 1.83 bits per heavy atom. The van der Waals surface area contributed by atoms with Crippen LogP contribution in [0.1, 0.15) is 17.2 Å². The summed E-state index contributed by atoms with van der Waals surface area (Å²) in [6.07, 6.45) is -1.40. The minimum atomic E-state index is -4.77. The second-order valence-electron chi connectivity index (χ2n) is 6.32. The van der Waals surface area contributed by atoms with E-state index in [2.05, 4.69) is 25.0 Å². The molecule has 3 aromatic rings. The van der Waals surface area contributed by atoms with E-state index in [-0.39, 0.29) is 13.1 Å². The fourth-order valence-corrected chi connectivity index (χ4v) is 4.03. The van der Waals surface area contributed by atoms with Crippen molar-refractivity contribution in [1.82, 2.24) is 24.2 Å². The van der Waals surface area contributed by atoms with Crippen LogP contribution in [0.25, 0.3) is 5.82 Å². The van der Waals surface area contributed by atoms with Crippen molar-refractivity contribution >= 4 is 15.8 Å². The lowest BCUT2D eigenvalue weighted by Crippen LogP contribution is -2.30. The van der Waals surface area contributed by atoms with Crippen LogP contribution in [0.4, 0.5) is 19.0 Å². The Balaban J connectivity index is 1.67. The molecule has 0 amide bonds. The number of aromatic nitrogens is 4. The maximum Gasteiger partial charge on any atom is 0.417 e. The number of halogens is 3. The molecule has 3 rings (SSSR count). The Morgan fingerprint density at radius 1 is 1.10 bits per heavy atom. The smallest absolute Gasteiger partial charge is 0.369 e. The predicted octanol–water partition coefficient (Wildman–Crippen LogP) is 2.69. The van der Waals surface area contributed by atoms with E-state index >= 15 is 0 Å². The molecule has 0 bridgehead atoms. The summed E-state index contributed by atoms with van der Waals surface area (Å²) in [7, 11) is -4.34. The number of imidazole rings is 1. The molecule has 0 atom stereocenters. The topological polar surface area (TPSA) is 102 Å². The van der Waals surface area contributed by atoms with Gasteiger partial charge in [-0.15, -0.1) is 0 Å². The van der Waals surface area contributed by atoms with E-state index in [0.29, 0.717) is 17.5 Å². The van der Waals surface area contributed by atoms with Crippen LogP contribution in [0.3, 0.4) is 0 Å². The molecule has 0 spiro atoms. The molecule has 2 N–H and O–H groups in total. The van der Waals surface area contributed by atoms with Gasteiger partial charge in [0.1, 0.15) is 23.3 Å². The van der Waals surface area contributed by atoms with Crippen molar-refractivity contribution in [1.29, 1.82) is 0 Å². The zero-order chi connectivity index (χ0) is 21.9. The van der Waals surface area contributed by atoms with Crippen LogP contribution in [-0.2, 0) is 16.2 Å². The van der Waals surface area contributed by atoms with Crippen LogP contribution >= 0.6 is 0 Å². The highest BCUT2D eigenvalue weighted by Gasteiger charge is 2.36. The highest BCUT2D eigenvalue weighted by Crippen LogP contribution is 2.33. The molecule has 2 heterocycles. The summed E-state index contributed by atoms with van der Waals surface area (Å²) >= 11 is 0. The Hall–Kier alpha value is -2.99. The zero-order valence-electron chi connectivity index (χ0n) is 16.1. The van der Waals surface area contributed by atoms with Crippen molar-refractivity contribution in [2.75, 3.05) is 18.4 Å². The van der Waals surface area contributed by atoms with Crippen molar-refractivity contribution in [3.8, 4) is 5.82 Å². The normalized spacial score (nSPS) is 12.2. The molecule has 0 aliphatic heterocycles. The number of nitrogens with one attached hydrogen (secondary N) is 2. The average molecular weight is 440 g/mol. The van der Waals surface area contributed by atoms with Crippen molar-refractivity contribution in [2.24, 2.45) is 0 Å². The van der Waals surface area contributed by atoms with E-state index in [9.17, 15) is 21.6 Å². The van der Waals surface area contributed by atoms with E-state index in [1.54, 1.807) is 30.0 Å². The highest BCUT2D eigenvalue weighted by molar-refractivity contribution is 7.89. The number of rotatable bonds is 7. The van der Waals surface area contributed by atoms with Gasteiger partial charge in [-0.25, -0.2) is 28.1 Å². The van der Waals surface area contributed by atoms with Crippen LogP contribution < -0.4 is 10.0 Å². The van der Waals surface area contributed by atoms with E-state index in [1.807, 2.05) is 6.92 Å². The molecule has 2 aromatic heterocycles. The second kappa shape index (κ2) is 8.40. The number of nitrogens with zero attached hydrogens (tertiary/aromatic N) is 4. The lowest BCUT2D eigenvalue weighted by Gasteiger charge is -2.14. The molecule has 1 aromatic carbocycles. The largest absolute Gasteiger partial charge is 0.417 e. The molecule has 0 aliphatic carbocycles. The first-order valence-corrected chi connectivity index (χ1v) is 10.3. The summed E-state index contributed by atoms with van der Waals surface area (Å²) in [5, 5.41) is 2.94. The monoisotopic (exact) mass is 440 g/mol. The number of aryl methyl sites for hydroxylation is 2. The summed E-state index contributed by atoms with van der Waals surface area (Å²) in [5.41, 5.74) is -1.21. The van der Waals surface area contributed by atoms with Crippen molar-refractivity contribution in [3.63, 3.8) is 0 Å². The van der Waals surface area contributed by atoms with Gasteiger partial charge >= 0.3 is 6.18 Å². The van der Waals surface area contributed by atoms with Crippen molar-refractivity contribution in [3.05, 3.63) is 59.9 Å². The van der Waals surface area contributed by atoms with Crippen LogP contribution in [0.15, 0.2) is 47.6 Å². The highest BCUT2D eigenvalue weighted by atomic mass is 32.2. The first-order chi connectivity index (χ1) is 14.1. The van der Waals surface area contributed by atoms with Crippen molar-refractivity contribution < 1.29 is 21.6 Å². The minimum Gasteiger partial charge on any atom is -0.369 e. The van der Waals surface area contributed by atoms with E-state index < -0.39 is 26.7 Å². The third-order valence-corrected chi connectivity index (χ3v) is 5.62. The van der Waals surface area contributed by atoms with Gasteiger partial charge in [-0.05, 0) is 26.0 Å². The van der Waals surface area contributed by atoms with Gasteiger partial charge in [0.2, 0.25) is 10.0 Å². The first kappa shape index (κ1) is 21.7. The summed E-state index contributed by atoms with van der Waals surface area (Å²) in [6.45, 7) is 3.49. The van der Waals surface area contributed by atoms with E-state index in [4.69, 9.17) is 0 Å². The zero-order valence-corrected chi connectivity index (χ0v) is 16.9. The molecule has 0 radical (unpaired) electrons. The van der Waals surface area contributed by atoms with Gasteiger partial charge in [0.15, 0.2) is 0 Å². The number of hydrogen-bond acceptors (Lipinski definition) is 6. The maximum atomic E-state index is 13.1. The fourth-order valence-electron chi connectivity index (χ4n) is 2.77. The molecular weight excluding hydrogens is 421 g/mol. The van der Waals surface area contributed by atoms with Crippen LogP contribution in [0, 0.1) is 13.8 Å². The molecular formula is C18H19F3N6O2S.